The number of benzene rings is 10. The van der Waals surface area contributed by atoms with Crippen LogP contribution in [-0.4, -0.2) is 9.38 Å². The normalized spacial score (nSPS) is 15.1. The van der Waals surface area contributed by atoms with E-state index >= 15 is 0 Å². The van der Waals surface area contributed by atoms with E-state index in [1.165, 1.54) is 127 Å². The molecule has 2 heterocycles. The fraction of sp³-hybridized carbons (Fsp3) is 0.129. The van der Waals surface area contributed by atoms with Crippen molar-refractivity contribution in [3.05, 3.63) is 240 Å². The Morgan fingerprint density at radius 3 is 1.40 bits per heavy atom. The van der Waals surface area contributed by atoms with Gasteiger partial charge in [-0.15, -0.1) is 0 Å². The third-order valence-corrected chi connectivity index (χ3v) is 17.4. The first-order valence-corrected chi connectivity index (χ1v) is 25.6. The summed E-state index contributed by atoms with van der Waals surface area (Å²) in [4.78, 5) is 5.17. The average Bonchev–Trinajstić information content (AvgIpc) is 4.09. The van der Waals surface area contributed by atoms with Crippen molar-refractivity contribution in [3.8, 4) is 78.0 Å². The molecular formula is C70H52N2. The van der Waals surface area contributed by atoms with Gasteiger partial charge in [-0.1, -0.05) is 199 Å². The van der Waals surface area contributed by atoms with Gasteiger partial charge in [-0.25, -0.2) is 4.98 Å². The maximum Gasteiger partial charge on any atom is 0.145 e. The Kier molecular flexibility index (Phi) is 8.29. The number of pyridine rings is 1. The topological polar surface area (TPSA) is 17.3 Å². The van der Waals surface area contributed by atoms with E-state index in [0.717, 1.165) is 22.3 Å². The van der Waals surface area contributed by atoms with Gasteiger partial charge in [0.25, 0.3) is 0 Å². The van der Waals surface area contributed by atoms with Crippen LogP contribution in [0.15, 0.2) is 207 Å². The average molecular weight is 921 g/mol. The standard InChI is InChI=1S/C70H52N2/c1-68(2)58-20-12-9-17-48(58)51-30-28-45(36-61(51)68)65-53-32-27-44(41-23-25-43(26-24-41)64-40-72-34-33-42-15-7-8-16-47(42)67(72)71-64)35-55(53)66(46-29-31-52-49-18-10-13-21-59(49)69(3,4)62(52)37-46)57-39-63-54(38-56(57)65)50-19-11-14-22-60(50)70(63,5)6/h7-40H,1-6H3. The van der Waals surface area contributed by atoms with Gasteiger partial charge < -0.3 is 4.40 Å². The Hall–Kier alpha value is -8.33. The predicted molar refractivity (Wildman–Crippen MR) is 302 cm³/mol. The van der Waals surface area contributed by atoms with Crippen molar-refractivity contribution in [3.63, 3.8) is 0 Å². The third kappa shape index (κ3) is 5.58. The number of imidazole rings is 1. The summed E-state index contributed by atoms with van der Waals surface area (Å²) in [5, 5.41) is 7.46. The second-order valence-electron chi connectivity index (χ2n) is 22.3. The fourth-order valence-corrected chi connectivity index (χ4v) is 13.6. The minimum absolute atomic E-state index is 0.136. The summed E-state index contributed by atoms with van der Waals surface area (Å²) in [7, 11) is 0. The molecule has 0 unspecified atom stereocenters. The van der Waals surface area contributed by atoms with Gasteiger partial charge in [0.15, 0.2) is 0 Å². The SMILES string of the molecule is CC1(C)c2ccccc2-c2ccc(-c3c4ccc(-c5ccc(-c6cn7ccc8ccccc8c7n6)cc5)cc4c(-c4ccc5c(c4)C(C)(C)c4ccccc4-5)c4cc5c(cc34)-c3ccccc3C5(C)C)cc21. The summed E-state index contributed by atoms with van der Waals surface area (Å²) < 4.78 is 2.15. The van der Waals surface area contributed by atoms with Gasteiger partial charge in [0.2, 0.25) is 0 Å². The number of nitrogens with zero attached hydrogens (tertiary/aromatic N) is 2. The van der Waals surface area contributed by atoms with Gasteiger partial charge in [-0.05, 0) is 163 Å². The molecule has 0 fully saturated rings. The van der Waals surface area contributed by atoms with Crippen molar-refractivity contribution in [1.82, 2.24) is 9.38 Å². The van der Waals surface area contributed by atoms with Crippen molar-refractivity contribution < 1.29 is 0 Å². The molecule has 72 heavy (non-hydrogen) atoms. The van der Waals surface area contributed by atoms with Gasteiger partial charge in [0.1, 0.15) is 5.65 Å². The lowest BCUT2D eigenvalue weighted by molar-refractivity contribution is 0.660. The van der Waals surface area contributed by atoms with E-state index < -0.39 is 0 Å². The maximum absolute atomic E-state index is 5.17. The molecule has 15 rings (SSSR count). The van der Waals surface area contributed by atoms with Crippen LogP contribution in [-0.2, 0) is 16.2 Å². The van der Waals surface area contributed by atoms with E-state index in [-0.39, 0.29) is 16.2 Å². The molecule has 12 aromatic rings. The molecule has 0 saturated carbocycles. The van der Waals surface area contributed by atoms with Crippen molar-refractivity contribution in [2.45, 2.75) is 57.8 Å². The molecule has 2 aromatic heterocycles. The van der Waals surface area contributed by atoms with Crippen LogP contribution in [0.25, 0.3) is 116 Å². The molecule has 10 aromatic carbocycles. The first-order chi connectivity index (χ1) is 34.9. The minimum atomic E-state index is -0.172. The summed E-state index contributed by atoms with van der Waals surface area (Å²) in [6.45, 7) is 14.4. The molecule has 3 aliphatic rings. The van der Waals surface area contributed by atoms with E-state index in [9.17, 15) is 0 Å². The zero-order chi connectivity index (χ0) is 48.4. The van der Waals surface area contributed by atoms with E-state index in [4.69, 9.17) is 4.98 Å². The first-order valence-electron chi connectivity index (χ1n) is 25.6. The van der Waals surface area contributed by atoms with Crippen molar-refractivity contribution in [2.24, 2.45) is 0 Å². The Bertz CT molecular complexity index is 4350. The van der Waals surface area contributed by atoms with Crippen LogP contribution < -0.4 is 0 Å². The predicted octanol–water partition coefficient (Wildman–Crippen LogP) is 18.4. The van der Waals surface area contributed by atoms with Crippen LogP contribution in [0, 0.1) is 0 Å². The summed E-state index contributed by atoms with van der Waals surface area (Å²) in [5.74, 6) is 0. The van der Waals surface area contributed by atoms with Crippen molar-refractivity contribution in [1.29, 1.82) is 0 Å². The maximum atomic E-state index is 5.17. The second kappa shape index (κ2) is 14.4. The number of aromatic nitrogens is 2. The molecule has 0 amide bonds. The Labute approximate surface area is 420 Å². The van der Waals surface area contributed by atoms with E-state index in [1.54, 1.807) is 0 Å². The highest BCUT2D eigenvalue weighted by molar-refractivity contribution is 6.23. The molecule has 0 radical (unpaired) electrons. The number of hydrogen-bond donors (Lipinski definition) is 0. The lowest BCUT2D eigenvalue weighted by Gasteiger charge is -2.26. The van der Waals surface area contributed by atoms with Gasteiger partial charge in [-0.2, -0.15) is 0 Å². The van der Waals surface area contributed by atoms with E-state index in [1.807, 2.05) is 0 Å². The molecule has 0 bridgehead atoms. The van der Waals surface area contributed by atoms with E-state index in [2.05, 4.69) is 252 Å². The Morgan fingerprint density at radius 2 is 0.778 bits per heavy atom. The lowest BCUT2D eigenvalue weighted by atomic mass is 9.77. The Morgan fingerprint density at radius 1 is 0.319 bits per heavy atom. The molecule has 0 spiro atoms. The van der Waals surface area contributed by atoms with Gasteiger partial charge in [0, 0.05) is 39.6 Å². The van der Waals surface area contributed by atoms with Gasteiger partial charge >= 0.3 is 0 Å². The molecular weight excluding hydrogens is 869 g/mol. The molecule has 2 heteroatoms. The number of rotatable bonds is 4. The van der Waals surface area contributed by atoms with Crippen molar-refractivity contribution in [2.75, 3.05) is 0 Å². The Balaban J connectivity index is 0.999. The fourth-order valence-electron chi connectivity index (χ4n) is 13.6. The highest BCUT2D eigenvalue weighted by atomic mass is 15.0. The molecule has 0 saturated heterocycles. The molecule has 0 N–H and O–H groups in total. The summed E-state index contributed by atoms with van der Waals surface area (Å²) in [6, 6.07) is 73.9. The summed E-state index contributed by atoms with van der Waals surface area (Å²) in [6.07, 6.45) is 4.27. The monoisotopic (exact) mass is 920 g/mol. The van der Waals surface area contributed by atoms with Gasteiger partial charge in [0.05, 0.1) is 5.69 Å². The van der Waals surface area contributed by atoms with Crippen molar-refractivity contribution >= 4 is 38.0 Å². The third-order valence-electron chi connectivity index (χ3n) is 17.4. The van der Waals surface area contributed by atoms with Crippen LogP contribution >= 0.6 is 0 Å². The minimum Gasteiger partial charge on any atom is -0.306 e. The molecule has 0 aliphatic heterocycles. The summed E-state index contributed by atoms with van der Waals surface area (Å²) in [5.41, 5.74) is 26.4. The van der Waals surface area contributed by atoms with E-state index in [0.29, 0.717) is 0 Å². The van der Waals surface area contributed by atoms with Crippen LogP contribution in [0.1, 0.15) is 74.9 Å². The largest absolute Gasteiger partial charge is 0.306 e. The number of hydrogen-bond acceptors (Lipinski definition) is 1. The quantitative estimate of drug-likeness (QED) is 0.161. The highest BCUT2D eigenvalue weighted by Gasteiger charge is 2.39. The van der Waals surface area contributed by atoms with Gasteiger partial charge in [-0.3, -0.25) is 0 Å². The molecule has 2 nitrogen and oxygen atoms in total. The second-order valence-corrected chi connectivity index (χ2v) is 22.3. The van der Waals surface area contributed by atoms with Crippen LogP contribution in [0.2, 0.25) is 0 Å². The zero-order valence-corrected chi connectivity index (χ0v) is 41.5. The first kappa shape index (κ1) is 41.5. The van der Waals surface area contributed by atoms with Crippen LogP contribution in [0.4, 0.5) is 0 Å². The molecule has 0 atom stereocenters. The summed E-state index contributed by atoms with van der Waals surface area (Å²) >= 11 is 0. The lowest BCUT2D eigenvalue weighted by Crippen LogP contribution is -2.15. The van der Waals surface area contributed by atoms with Crippen LogP contribution in [0.5, 0.6) is 0 Å². The van der Waals surface area contributed by atoms with Crippen LogP contribution in [0.3, 0.4) is 0 Å². The molecule has 3 aliphatic carbocycles. The zero-order valence-electron chi connectivity index (χ0n) is 41.5. The number of fused-ring (bicyclic) bond motifs is 14. The molecule has 342 valence electrons. The highest BCUT2D eigenvalue weighted by Crippen LogP contribution is 2.56. The smallest absolute Gasteiger partial charge is 0.145 e.